The third-order valence-corrected chi connectivity index (χ3v) is 3.74. The summed E-state index contributed by atoms with van der Waals surface area (Å²) in [5.41, 5.74) is 3.26. The minimum Gasteiger partial charge on any atom is -0.298 e. The Hall–Kier alpha value is -1.74. The van der Waals surface area contributed by atoms with Crippen LogP contribution in [0.4, 0.5) is 0 Å². The summed E-state index contributed by atoms with van der Waals surface area (Å²) in [4.78, 5) is 21.5. The third-order valence-electron chi connectivity index (χ3n) is 2.68. The topological polar surface area (TPSA) is 34.1 Å². The zero-order valence-corrected chi connectivity index (χ0v) is 11.1. The predicted octanol–water partition coefficient (Wildman–Crippen LogP) is 3.80. The molecule has 0 unspecified atom stereocenters. The largest absolute Gasteiger partial charge is 0.298 e. The van der Waals surface area contributed by atoms with Crippen molar-refractivity contribution in [1.82, 2.24) is 0 Å². The lowest BCUT2D eigenvalue weighted by Gasteiger charge is -2.11. The first kappa shape index (κ1) is 12.7. The van der Waals surface area contributed by atoms with Gasteiger partial charge in [0.2, 0.25) is 0 Å². The van der Waals surface area contributed by atoms with Crippen LogP contribution in [-0.2, 0) is 0 Å². The van der Waals surface area contributed by atoms with Crippen molar-refractivity contribution >= 4 is 28.5 Å². The first-order valence-corrected chi connectivity index (χ1v) is 6.40. The smallest absolute Gasteiger partial charge is 0.150 e. The number of alkyl halides is 1. The van der Waals surface area contributed by atoms with Gasteiger partial charge in [0.15, 0.2) is 0 Å². The Kier molecular flexibility index (Phi) is 4.05. The zero-order chi connectivity index (χ0) is 13.0. The van der Waals surface area contributed by atoms with Crippen LogP contribution in [0.25, 0.3) is 0 Å². The highest BCUT2D eigenvalue weighted by molar-refractivity contribution is 9.09. The highest BCUT2D eigenvalue weighted by Gasteiger charge is 2.11. The normalized spacial score (nSPS) is 10.3. The maximum atomic E-state index is 10.8. The van der Waals surface area contributed by atoms with Gasteiger partial charge in [-0.15, -0.1) is 0 Å². The van der Waals surface area contributed by atoms with Crippen LogP contribution in [0.15, 0.2) is 48.5 Å². The SMILES string of the molecule is O=Cc1cccc(C(Br)c2cccc(C=O)c2)c1. The summed E-state index contributed by atoms with van der Waals surface area (Å²) < 4.78 is 0. The molecule has 0 aliphatic heterocycles. The Balaban J connectivity index is 2.37. The molecule has 0 spiro atoms. The summed E-state index contributed by atoms with van der Waals surface area (Å²) >= 11 is 3.59. The van der Waals surface area contributed by atoms with Crippen molar-refractivity contribution in [2.75, 3.05) is 0 Å². The lowest BCUT2D eigenvalue weighted by Crippen LogP contribution is -1.95. The van der Waals surface area contributed by atoms with Crippen molar-refractivity contribution in [2.45, 2.75) is 4.83 Å². The average Bonchev–Trinajstić information content (AvgIpc) is 2.46. The molecule has 2 rings (SSSR count). The summed E-state index contributed by atoms with van der Waals surface area (Å²) in [6.45, 7) is 0. The monoisotopic (exact) mass is 302 g/mol. The zero-order valence-electron chi connectivity index (χ0n) is 9.55. The number of aldehydes is 2. The van der Waals surface area contributed by atoms with Crippen LogP contribution in [0.1, 0.15) is 36.7 Å². The molecule has 0 aliphatic carbocycles. The molecule has 0 bridgehead atoms. The van der Waals surface area contributed by atoms with Crippen LogP contribution >= 0.6 is 15.9 Å². The molecule has 0 fully saturated rings. The van der Waals surface area contributed by atoms with Gasteiger partial charge in [-0.1, -0.05) is 52.3 Å². The maximum Gasteiger partial charge on any atom is 0.150 e. The van der Waals surface area contributed by atoms with Crippen molar-refractivity contribution in [2.24, 2.45) is 0 Å². The summed E-state index contributed by atoms with van der Waals surface area (Å²) in [6.07, 6.45) is 1.65. The van der Waals surface area contributed by atoms with Crippen molar-refractivity contribution in [1.29, 1.82) is 0 Å². The number of rotatable bonds is 4. The van der Waals surface area contributed by atoms with Gasteiger partial charge in [0, 0.05) is 11.1 Å². The molecule has 2 aromatic rings. The van der Waals surface area contributed by atoms with Gasteiger partial charge in [0.25, 0.3) is 0 Å². The van der Waals surface area contributed by atoms with Crippen molar-refractivity contribution < 1.29 is 9.59 Å². The molecular weight excluding hydrogens is 292 g/mol. The molecule has 0 radical (unpaired) electrons. The van der Waals surface area contributed by atoms with E-state index in [-0.39, 0.29) is 4.83 Å². The molecule has 0 amide bonds. The molecule has 2 nitrogen and oxygen atoms in total. The van der Waals surface area contributed by atoms with Gasteiger partial charge < -0.3 is 0 Å². The standard InChI is InChI=1S/C15H11BrO2/c16-15(13-5-1-3-11(7-13)9-17)14-6-2-4-12(8-14)10-18/h1-10,15H. The number of hydrogen-bond donors (Lipinski definition) is 0. The molecular formula is C15H11BrO2. The molecule has 0 N–H and O–H groups in total. The van der Waals surface area contributed by atoms with Crippen LogP contribution in [0.2, 0.25) is 0 Å². The molecule has 0 saturated heterocycles. The molecule has 90 valence electrons. The molecule has 0 heterocycles. The highest BCUT2D eigenvalue weighted by Crippen LogP contribution is 2.31. The molecule has 2 aromatic carbocycles. The Morgan fingerprint density at radius 1 is 0.833 bits per heavy atom. The summed E-state index contributed by atoms with van der Waals surface area (Å²) in [7, 11) is 0. The van der Waals surface area contributed by atoms with Crippen LogP contribution in [0, 0.1) is 0 Å². The summed E-state index contributed by atoms with van der Waals surface area (Å²) in [5.74, 6) is 0. The lowest BCUT2D eigenvalue weighted by atomic mass is 10.0. The van der Waals surface area contributed by atoms with Crippen LogP contribution in [-0.4, -0.2) is 12.6 Å². The van der Waals surface area contributed by atoms with Crippen molar-refractivity contribution in [3.63, 3.8) is 0 Å². The van der Waals surface area contributed by atoms with E-state index in [4.69, 9.17) is 0 Å². The molecule has 0 aromatic heterocycles. The number of benzene rings is 2. The van der Waals surface area contributed by atoms with Crippen LogP contribution in [0.5, 0.6) is 0 Å². The Morgan fingerprint density at radius 3 is 1.67 bits per heavy atom. The van der Waals surface area contributed by atoms with Gasteiger partial charge in [-0.05, 0) is 23.3 Å². The van der Waals surface area contributed by atoms with E-state index in [1.807, 2.05) is 36.4 Å². The Bertz CT molecular complexity index is 527. The second-order valence-corrected chi connectivity index (χ2v) is 4.85. The fourth-order valence-electron chi connectivity index (χ4n) is 1.77. The molecule has 3 heteroatoms. The van der Waals surface area contributed by atoms with E-state index in [0.29, 0.717) is 11.1 Å². The highest BCUT2D eigenvalue weighted by atomic mass is 79.9. The lowest BCUT2D eigenvalue weighted by molar-refractivity contribution is 0.111. The molecule has 0 atom stereocenters. The van der Waals surface area contributed by atoms with E-state index < -0.39 is 0 Å². The quantitative estimate of drug-likeness (QED) is 0.636. The van der Waals surface area contributed by atoms with E-state index in [1.54, 1.807) is 12.1 Å². The van der Waals surface area contributed by atoms with E-state index in [2.05, 4.69) is 15.9 Å². The van der Waals surface area contributed by atoms with Crippen molar-refractivity contribution in [3.05, 3.63) is 70.8 Å². The number of carbonyl (C=O) groups excluding carboxylic acids is 2. The third kappa shape index (κ3) is 2.74. The first-order valence-electron chi connectivity index (χ1n) is 5.49. The first-order chi connectivity index (χ1) is 8.74. The summed E-state index contributed by atoms with van der Waals surface area (Å²) in [6, 6.07) is 14.8. The van der Waals surface area contributed by atoms with Gasteiger partial charge in [-0.3, -0.25) is 9.59 Å². The Morgan fingerprint density at radius 2 is 1.28 bits per heavy atom. The minimum absolute atomic E-state index is 0.0303. The van der Waals surface area contributed by atoms with Gasteiger partial charge in [-0.2, -0.15) is 0 Å². The van der Waals surface area contributed by atoms with Gasteiger partial charge in [0.1, 0.15) is 12.6 Å². The van der Waals surface area contributed by atoms with Gasteiger partial charge >= 0.3 is 0 Å². The minimum atomic E-state index is -0.0303. The maximum absolute atomic E-state index is 10.8. The fourth-order valence-corrected chi connectivity index (χ4v) is 2.34. The molecule has 0 aliphatic rings. The van der Waals surface area contributed by atoms with E-state index in [1.165, 1.54) is 0 Å². The van der Waals surface area contributed by atoms with E-state index in [0.717, 1.165) is 23.7 Å². The fraction of sp³-hybridized carbons (Fsp3) is 0.0667. The molecule has 18 heavy (non-hydrogen) atoms. The van der Waals surface area contributed by atoms with Crippen LogP contribution in [0.3, 0.4) is 0 Å². The van der Waals surface area contributed by atoms with E-state index >= 15 is 0 Å². The van der Waals surface area contributed by atoms with Crippen LogP contribution < -0.4 is 0 Å². The number of hydrogen-bond acceptors (Lipinski definition) is 2. The summed E-state index contributed by atoms with van der Waals surface area (Å²) in [5, 5.41) is 0. The number of halogens is 1. The second kappa shape index (κ2) is 5.74. The van der Waals surface area contributed by atoms with E-state index in [9.17, 15) is 9.59 Å². The van der Waals surface area contributed by atoms with Gasteiger partial charge in [0.05, 0.1) is 4.83 Å². The number of carbonyl (C=O) groups is 2. The second-order valence-electron chi connectivity index (χ2n) is 3.94. The predicted molar refractivity (Wildman–Crippen MR) is 74.4 cm³/mol. The van der Waals surface area contributed by atoms with Gasteiger partial charge in [-0.25, -0.2) is 0 Å². The molecule has 0 saturated carbocycles. The Labute approximate surface area is 114 Å². The average molecular weight is 303 g/mol. The van der Waals surface area contributed by atoms with Crippen molar-refractivity contribution in [3.8, 4) is 0 Å².